The molecule has 4 unspecified atom stereocenters. The molecule has 2 rings (SSSR count). The van der Waals surface area contributed by atoms with E-state index in [0.29, 0.717) is 12.8 Å². The Morgan fingerprint density at radius 2 is 1.62 bits per heavy atom. The van der Waals surface area contributed by atoms with Crippen LogP contribution in [0.15, 0.2) is 33.7 Å². The summed E-state index contributed by atoms with van der Waals surface area (Å²) < 4.78 is 47.2. The average molecular weight is 371 g/mol. The molecule has 5 heteroatoms. The lowest BCUT2D eigenvalue weighted by atomic mass is 9.97. The molecule has 0 bridgehead atoms. The molecule has 0 N–H and O–H groups in total. The van der Waals surface area contributed by atoms with Gasteiger partial charge in [0.1, 0.15) is 18.0 Å². The van der Waals surface area contributed by atoms with E-state index in [-0.39, 0.29) is 18.7 Å². The maximum Gasteiger partial charge on any atom is 0.241 e. The predicted octanol–water partition coefficient (Wildman–Crippen LogP) is 6.01. The van der Waals surface area contributed by atoms with Gasteiger partial charge >= 0.3 is 0 Å². The van der Waals surface area contributed by atoms with Gasteiger partial charge in [-0.05, 0) is 66.9 Å². The molecule has 0 aromatic heterocycles. The van der Waals surface area contributed by atoms with E-state index in [9.17, 15) is 13.2 Å². The summed E-state index contributed by atoms with van der Waals surface area (Å²) in [5, 5.41) is 0. The number of ether oxygens (including phenoxy) is 1. The van der Waals surface area contributed by atoms with Crippen molar-refractivity contribution in [3.05, 3.63) is 33.7 Å². The Hall–Kier alpha value is -1.39. The third-order valence-electron chi connectivity index (χ3n) is 5.16. The fourth-order valence-electron chi connectivity index (χ4n) is 4.17. The zero-order valence-corrected chi connectivity index (χ0v) is 17.0. The normalized spacial score (nSPS) is 27.3. The van der Waals surface area contributed by atoms with Crippen molar-refractivity contribution in [1.29, 1.82) is 0 Å². The molecule has 1 heterocycles. The van der Waals surface area contributed by atoms with E-state index >= 15 is 0 Å². The van der Waals surface area contributed by atoms with Crippen LogP contribution >= 0.6 is 0 Å². The number of halogens is 3. The third-order valence-corrected chi connectivity index (χ3v) is 5.16. The van der Waals surface area contributed by atoms with Crippen molar-refractivity contribution in [2.45, 2.75) is 86.1 Å². The van der Waals surface area contributed by atoms with Gasteiger partial charge in [-0.15, -0.1) is 0 Å². The van der Waals surface area contributed by atoms with Gasteiger partial charge in [0.25, 0.3) is 0 Å². The topological polar surface area (TPSA) is 12.5 Å². The Morgan fingerprint density at radius 3 is 2.04 bits per heavy atom. The second-order valence-electron chi connectivity index (χ2n) is 8.28. The number of hydrogen-bond donors (Lipinski definition) is 0. The first-order valence-corrected chi connectivity index (χ1v) is 9.43. The number of nitrogens with zero attached hydrogens (tertiary/aromatic N) is 1. The third kappa shape index (κ3) is 4.12. The summed E-state index contributed by atoms with van der Waals surface area (Å²) in [5.74, 6) is 0.0626. The summed E-state index contributed by atoms with van der Waals surface area (Å²) in [7, 11) is 0. The van der Waals surface area contributed by atoms with Gasteiger partial charge < -0.3 is 9.64 Å². The van der Waals surface area contributed by atoms with Crippen molar-refractivity contribution in [2.75, 3.05) is 6.54 Å². The van der Waals surface area contributed by atoms with Crippen LogP contribution in [-0.4, -0.2) is 36.2 Å². The van der Waals surface area contributed by atoms with Crippen molar-refractivity contribution in [2.24, 2.45) is 5.92 Å². The van der Waals surface area contributed by atoms with Crippen LogP contribution in [0, 0.1) is 5.92 Å². The van der Waals surface area contributed by atoms with Crippen LogP contribution in [0.25, 0.3) is 0 Å². The Balaban J connectivity index is 2.67. The standard InChI is InChI=1S/C21H32F3NO/c1-11(2)18-19(12(3)4)25(10-14(7)22)16-8-15(21(23)24)9-17(16)26-20(18)13(5)6/h14-17,21H,8-10H2,1-7H3. The highest BCUT2D eigenvalue weighted by molar-refractivity contribution is 5.50. The van der Waals surface area contributed by atoms with Gasteiger partial charge in [-0.2, -0.15) is 0 Å². The minimum Gasteiger partial charge on any atom is -0.488 e. The molecule has 1 aliphatic heterocycles. The Morgan fingerprint density at radius 1 is 1.00 bits per heavy atom. The quantitative estimate of drug-likeness (QED) is 0.602. The molecule has 4 atom stereocenters. The molecule has 26 heavy (non-hydrogen) atoms. The van der Waals surface area contributed by atoms with E-state index in [1.165, 1.54) is 6.92 Å². The summed E-state index contributed by atoms with van der Waals surface area (Å²) >= 11 is 0. The van der Waals surface area contributed by atoms with E-state index in [2.05, 4.69) is 0 Å². The number of alkyl halides is 3. The molecule has 1 saturated heterocycles. The maximum absolute atomic E-state index is 14.1. The molecule has 0 amide bonds. The Bertz CT molecular complexity index is 621. The molecule has 148 valence electrons. The lowest BCUT2D eigenvalue weighted by molar-refractivity contribution is 0.0571. The van der Waals surface area contributed by atoms with Gasteiger partial charge in [-0.1, -0.05) is 11.1 Å². The zero-order chi connectivity index (χ0) is 19.8. The number of allylic oxidation sites excluding steroid dienone is 3. The van der Waals surface area contributed by atoms with Crippen LogP contribution < -0.4 is 0 Å². The van der Waals surface area contributed by atoms with Gasteiger partial charge in [0.2, 0.25) is 6.43 Å². The molecule has 2 aliphatic rings. The molecule has 0 spiro atoms. The summed E-state index contributed by atoms with van der Waals surface area (Å²) in [6.07, 6.45) is -3.13. The Kier molecular flexibility index (Phi) is 6.51. The number of fused-ring (bicyclic) bond motifs is 1. The van der Waals surface area contributed by atoms with E-state index < -0.39 is 18.5 Å². The van der Waals surface area contributed by atoms with Gasteiger partial charge in [0.05, 0.1) is 6.04 Å². The first kappa shape index (κ1) is 20.9. The first-order valence-electron chi connectivity index (χ1n) is 9.43. The summed E-state index contributed by atoms with van der Waals surface area (Å²) in [5.41, 5.74) is 5.06. The summed E-state index contributed by atoms with van der Waals surface area (Å²) in [6.45, 7) is 13.7. The SMILES string of the molecule is CC(C)=C1OC2CC(C(F)F)CC2N(CC(C)F)C(=C(C)C)C1=C(C)C. The molecule has 0 aromatic rings. The lowest BCUT2D eigenvalue weighted by Gasteiger charge is -2.35. The average Bonchev–Trinajstić information content (AvgIpc) is 2.86. The van der Waals surface area contributed by atoms with Crippen molar-refractivity contribution in [3.63, 3.8) is 0 Å². The molecule has 0 radical (unpaired) electrons. The van der Waals surface area contributed by atoms with Gasteiger partial charge in [-0.3, -0.25) is 0 Å². The van der Waals surface area contributed by atoms with Crippen LogP contribution in [-0.2, 0) is 4.74 Å². The minimum absolute atomic E-state index is 0.188. The lowest BCUT2D eigenvalue weighted by Crippen LogP contribution is -2.42. The predicted molar refractivity (Wildman–Crippen MR) is 99.8 cm³/mol. The van der Waals surface area contributed by atoms with Crippen LogP contribution in [0.1, 0.15) is 61.3 Å². The highest BCUT2D eigenvalue weighted by atomic mass is 19.3. The maximum atomic E-state index is 14.1. The highest BCUT2D eigenvalue weighted by Gasteiger charge is 2.47. The van der Waals surface area contributed by atoms with Crippen LogP contribution in [0.5, 0.6) is 0 Å². The van der Waals surface area contributed by atoms with Gasteiger partial charge in [0, 0.05) is 23.7 Å². The van der Waals surface area contributed by atoms with E-state index in [4.69, 9.17) is 4.74 Å². The molecule has 2 fully saturated rings. The van der Waals surface area contributed by atoms with Gasteiger partial charge in [0.15, 0.2) is 0 Å². The zero-order valence-electron chi connectivity index (χ0n) is 17.0. The van der Waals surface area contributed by atoms with Crippen molar-refractivity contribution in [3.8, 4) is 0 Å². The molecule has 1 saturated carbocycles. The molecule has 1 aliphatic carbocycles. The fourth-order valence-corrected chi connectivity index (χ4v) is 4.17. The van der Waals surface area contributed by atoms with Crippen LogP contribution in [0.2, 0.25) is 0 Å². The second kappa shape index (κ2) is 8.10. The van der Waals surface area contributed by atoms with Crippen LogP contribution in [0.4, 0.5) is 13.2 Å². The van der Waals surface area contributed by atoms with E-state index in [1.54, 1.807) is 0 Å². The van der Waals surface area contributed by atoms with Crippen LogP contribution in [0.3, 0.4) is 0 Å². The highest BCUT2D eigenvalue weighted by Crippen LogP contribution is 2.45. The summed E-state index contributed by atoms with van der Waals surface area (Å²) in [4.78, 5) is 2.01. The molecule has 0 aromatic carbocycles. The first-order chi connectivity index (χ1) is 12.0. The monoisotopic (exact) mass is 371 g/mol. The minimum atomic E-state index is -2.37. The smallest absolute Gasteiger partial charge is 0.241 e. The van der Waals surface area contributed by atoms with Crippen molar-refractivity contribution in [1.82, 2.24) is 4.90 Å². The van der Waals surface area contributed by atoms with Crippen molar-refractivity contribution < 1.29 is 17.9 Å². The second-order valence-corrected chi connectivity index (χ2v) is 8.28. The molecular formula is C21H32F3NO. The molecular weight excluding hydrogens is 339 g/mol. The Labute approximate surface area is 155 Å². The van der Waals surface area contributed by atoms with Gasteiger partial charge in [-0.25, -0.2) is 13.2 Å². The largest absolute Gasteiger partial charge is 0.488 e. The number of rotatable bonds is 3. The molecule has 2 nitrogen and oxygen atoms in total. The fraction of sp³-hybridized carbons (Fsp3) is 0.714. The van der Waals surface area contributed by atoms with E-state index in [1.807, 2.05) is 46.4 Å². The van der Waals surface area contributed by atoms with Crippen molar-refractivity contribution >= 4 is 0 Å². The summed E-state index contributed by atoms with van der Waals surface area (Å²) in [6, 6.07) is -0.233. The van der Waals surface area contributed by atoms with E-state index in [0.717, 1.165) is 33.7 Å². The number of hydrogen-bond acceptors (Lipinski definition) is 2.